The van der Waals surface area contributed by atoms with Crippen LogP contribution in [0.4, 0.5) is 0 Å². The highest BCUT2D eigenvalue weighted by molar-refractivity contribution is 5.94. The zero-order valence-electron chi connectivity index (χ0n) is 13.1. The summed E-state index contributed by atoms with van der Waals surface area (Å²) in [7, 11) is 0. The van der Waals surface area contributed by atoms with Crippen LogP contribution in [0.5, 0.6) is 0 Å². The lowest BCUT2D eigenvalue weighted by Crippen LogP contribution is -2.40. The van der Waals surface area contributed by atoms with Gasteiger partial charge < -0.3 is 15.0 Å². The van der Waals surface area contributed by atoms with Crippen LogP contribution < -0.4 is 10.9 Å². The highest BCUT2D eigenvalue weighted by atomic mass is 16.5. The van der Waals surface area contributed by atoms with Crippen molar-refractivity contribution in [2.45, 2.75) is 25.8 Å². The smallest absolute Gasteiger partial charge is 0.261 e. The summed E-state index contributed by atoms with van der Waals surface area (Å²) in [5.41, 5.74) is 2.53. The van der Waals surface area contributed by atoms with Crippen LogP contribution in [0.25, 0.3) is 11.3 Å². The SMILES string of the molecule is Cc1cccc(-c2ccc(C(=O)NC3CCOCC3)c(=O)[nH]2)c1. The molecule has 0 atom stereocenters. The van der Waals surface area contributed by atoms with E-state index in [4.69, 9.17) is 4.74 Å². The normalized spacial score (nSPS) is 15.3. The number of amides is 1. The van der Waals surface area contributed by atoms with E-state index in [9.17, 15) is 9.59 Å². The number of aromatic amines is 1. The van der Waals surface area contributed by atoms with Gasteiger partial charge in [-0.25, -0.2) is 0 Å². The molecule has 5 nitrogen and oxygen atoms in total. The van der Waals surface area contributed by atoms with Gasteiger partial charge in [-0.15, -0.1) is 0 Å². The van der Waals surface area contributed by atoms with Crippen molar-refractivity contribution < 1.29 is 9.53 Å². The maximum absolute atomic E-state index is 12.3. The van der Waals surface area contributed by atoms with Gasteiger partial charge in [0, 0.05) is 24.9 Å². The van der Waals surface area contributed by atoms with Crippen molar-refractivity contribution >= 4 is 5.91 Å². The quantitative estimate of drug-likeness (QED) is 0.913. The molecular weight excluding hydrogens is 292 g/mol. The number of pyridine rings is 1. The Morgan fingerprint density at radius 1 is 1.22 bits per heavy atom. The molecule has 1 aromatic heterocycles. The molecule has 2 N–H and O–H groups in total. The number of nitrogens with one attached hydrogen (secondary N) is 2. The maximum Gasteiger partial charge on any atom is 0.261 e. The number of hydrogen-bond donors (Lipinski definition) is 2. The molecule has 0 aliphatic carbocycles. The van der Waals surface area contributed by atoms with Gasteiger partial charge in [-0.3, -0.25) is 9.59 Å². The molecule has 1 saturated heterocycles. The van der Waals surface area contributed by atoms with Crippen LogP contribution in [0, 0.1) is 6.92 Å². The summed E-state index contributed by atoms with van der Waals surface area (Å²) in [5.74, 6) is -0.325. The Balaban J connectivity index is 1.79. The Hall–Kier alpha value is -2.40. The Labute approximate surface area is 134 Å². The standard InChI is InChI=1S/C18H20N2O3/c1-12-3-2-4-13(11-12)16-6-5-15(18(22)20-16)17(21)19-14-7-9-23-10-8-14/h2-6,11,14H,7-10H2,1H3,(H,19,21)(H,20,22). The van der Waals surface area contributed by atoms with Crippen molar-refractivity contribution in [3.05, 3.63) is 57.9 Å². The fraction of sp³-hybridized carbons (Fsp3) is 0.333. The van der Waals surface area contributed by atoms with Gasteiger partial charge in [-0.1, -0.05) is 23.8 Å². The molecule has 1 aromatic carbocycles. The van der Waals surface area contributed by atoms with E-state index in [0.717, 1.165) is 24.0 Å². The molecule has 0 spiro atoms. The van der Waals surface area contributed by atoms with E-state index in [0.29, 0.717) is 18.9 Å². The lowest BCUT2D eigenvalue weighted by atomic mass is 10.1. The van der Waals surface area contributed by atoms with Crippen LogP contribution in [-0.4, -0.2) is 30.1 Å². The molecule has 1 aliphatic rings. The minimum absolute atomic E-state index is 0.0760. The van der Waals surface area contributed by atoms with Crippen molar-refractivity contribution in [3.63, 3.8) is 0 Å². The zero-order chi connectivity index (χ0) is 16.2. The van der Waals surface area contributed by atoms with E-state index in [-0.39, 0.29) is 23.1 Å². The summed E-state index contributed by atoms with van der Waals surface area (Å²) in [4.78, 5) is 27.3. The maximum atomic E-state index is 12.3. The number of carbonyl (C=O) groups excluding carboxylic acids is 1. The summed E-state index contributed by atoms with van der Waals surface area (Å²) in [6, 6.07) is 11.3. The first-order valence-electron chi connectivity index (χ1n) is 7.82. The molecule has 0 bridgehead atoms. The number of benzene rings is 1. The second-order valence-corrected chi connectivity index (χ2v) is 5.84. The second kappa shape index (κ2) is 6.79. The molecule has 3 rings (SSSR count). The predicted molar refractivity (Wildman–Crippen MR) is 88.5 cm³/mol. The molecule has 120 valence electrons. The zero-order valence-corrected chi connectivity index (χ0v) is 13.1. The molecule has 1 aliphatic heterocycles. The minimum Gasteiger partial charge on any atom is -0.381 e. The average Bonchev–Trinajstić information content (AvgIpc) is 2.55. The number of ether oxygens (including phenoxy) is 1. The lowest BCUT2D eigenvalue weighted by Gasteiger charge is -2.22. The highest BCUT2D eigenvalue weighted by Gasteiger charge is 2.18. The molecule has 2 aromatic rings. The first-order valence-corrected chi connectivity index (χ1v) is 7.82. The number of H-pyrrole nitrogens is 1. The van der Waals surface area contributed by atoms with Gasteiger partial charge in [0.1, 0.15) is 5.56 Å². The van der Waals surface area contributed by atoms with Gasteiger partial charge in [0.15, 0.2) is 0 Å². The van der Waals surface area contributed by atoms with Gasteiger partial charge in [-0.2, -0.15) is 0 Å². The second-order valence-electron chi connectivity index (χ2n) is 5.84. The van der Waals surface area contributed by atoms with Crippen LogP contribution in [0.2, 0.25) is 0 Å². The first-order chi connectivity index (χ1) is 11.1. The van der Waals surface area contributed by atoms with Crippen molar-refractivity contribution in [1.29, 1.82) is 0 Å². The summed E-state index contributed by atoms with van der Waals surface area (Å²) >= 11 is 0. The first kappa shape index (κ1) is 15.5. The fourth-order valence-corrected chi connectivity index (χ4v) is 2.74. The van der Waals surface area contributed by atoms with Crippen LogP contribution >= 0.6 is 0 Å². The molecule has 0 radical (unpaired) electrons. The number of aromatic nitrogens is 1. The molecular formula is C18H20N2O3. The minimum atomic E-state index is -0.367. The predicted octanol–water partition coefficient (Wildman–Crippen LogP) is 2.26. The van der Waals surface area contributed by atoms with E-state index >= 15 is 0 Å². The monoisotopic (exact) mass is 312 g/mol. The van der Waals surface area contributed by atoms with Gasteiger partial charge in [0.05, 0.1) is 0 Å². The Morgan fingerprint density at radius 2 is 2.00 bits per heavy atom. The Bertz CT molecular complexity index is 761. The Kier molecular flexibility index (Phi) is 4.57. The summed E-state index contributed by atoms with van der Waals surface area (Å²) < 4.78 is 5.27. The van der Waals surface area contributed by atoms with Crippen molar-refractivity contribution in [1.82, 2.24) is 10.3 Å². The molecule has 1 amide bonds. The number of aryl methyl sites for hydroxylation is 1. The molecule has 0 saturated carbocycles. The number of hydrogen-bond acceptors (Lipinski definition) is 3. The third-order valence-electron chi connectivity index (χ3n) is 4.04. The molecule has 2 heterocycles. The van der Waals surface area contributed by atoms with E-state index in [1.165, 1.54) is 0 Å². The molecule has 0 unspecified atom stereocenters. The largest absolute Gasteiger partial charge is 0.381 e. The van der Waals surface area contributed by atoms with Gasteiger partial charge in [-0.05, 0) is 43.5 Å². The summed E-state index contributed by atoms with van der Waals surface area (Å²) in [6.07, 6.45) is 1.57. The van der Waals surface area contributed by atoms with Gasteiger partial charge in [0.25, 0.3) is 11.5 Å². The summed E-state index contributed by atoms with van der Waals surface area (Å²) in [6.45, 7) is 3.29. The average molecular weight is 312 g/mol. The van der Waals surface area contributed by atoms with Crippen molar-refractivity contribution in [2.75, 3.05) is 13.2 Å². The van der Waals surface area contributed by atoms with Crippen LogP contribution in [0.15, 0.2) is 41.2 Å². The molecule has 1 fully saturated rings. The number of rotatable bonds is 3. The number of carbonyl (C=O) groups is 1. The van der Waals surface area contributed by atoms with E-state index in [1.54, 1.807) is 12.1 Å². The lowest BCUT2D eigenvalue weighted by molar-refractivity contribution is 0.0696. The van der Waals surface area contributed by atoms with Crippen LogP contribution in [0.3, 0.4) is 0 Å². The topological polar surface area (TPSA) is 71.2 Å². The summed E-state index contributed by atoms with van der Waals surface area (Å²) in [5, 5.41) is 2.91. The molecule has 5 heteroatoms. The fourth-order valence-electron chi connectivity index (χ4n) is 2.74. The van der Waals surface area contributed by atoms with E-state index in [1.807, 2.05) is 31.2 Å². The Morgan fingerprint density at radius 3 is 2.70 bits per heavy atom. The molecule has 23 heavy (non-hydrogen) atoms. The van der Waals surface area contributed by atoms with Gasteiger partial charge in [0.2, 0.25) is 0 Å². The van der Waals surface area contributed by atoms with Crippen LogP contribution in [-0.2, 0) is 4.74 Å². The highest BCUT2D eigenvalue weighted by Crippen LogP contribution is 2.17. The third kappa shape index (κ3) is 3.68. The van der Waals surface area contributed by atoms with Crippen LogP contribution in [0.1, 0.15) is 28.8 Å². The van der Waals surface area contributed by atoms with E-state index < -0.39 is 0 Å². The van der Waals surface area contributed by atoms with Crippen molar-refractivity contribution in [2.24, 2.45) is 0 Å². The van der Waals surface area contributed by atoms with E-state index in [2.05, 4.69) is 10.3 Å². The van der Waals surface area contributed by atoms with Crippen molar-refractivity contribution in [3.8, 4) is 11.3 Å². The van der Waals surface area contributed by atoms with Gasteiger partial charge >= 0.3 is 0 Å². The third-order valence-corrected chi connectivity index (χ3v) is 4.04.